The average Bonchev–Trinajstić information content (AvgIpc) is 2.82. The van der Waals surface area contributed by atoms with E-state index in [2.05, 4.69) is 26.0 Å². The largest absolute Gasteiger partial charge is 0.286 e. The summed E-state index contributed by atoms with van der Waals surface area (Å²) in [7, 11) is 0. The molecule has 0 fully saturated rings. The molecule has 0 saturated heterocycles. The summed E-state index contributed by atoms with van der Waals surface area (Å²) in [5, 5.41) is 4.30. The van der Waals surface area contributed by atoms with Gasteiger partial charge in [0.05, 0.1) is 0 Å². The molecule has 0 bridgehead atoms. The zero-order valence-corrected chi connectivity index (χ0v) is 11.4. The highest BCUT2D eigenvalue weighted by molar-refractivity contribution is 9.10. The van der Waals surface area contributed by atoms with Gasteiger partial charge in [0.25, 0.3) is 5.95 Å². The molecule has 3 rings (SSSR count). The first-order valence-electron chi connectivity index (χ1n) is 5.43. The van der Waals surface area contributed by atoms with Crippen molar-refractivity contribution in [3.05, 3.63) is 46.1 Å². The van der Waals surface area contributed by atoms with E-state index >= 15 is 0 Å². The Hall–Kier alpha value is -1.69. The molecule has 0 aliphatic carbocycles. The number of rotatable bonds is 1. The van der Waals surface area contributed by atoms with E-state index in [4.69, 9.17) is 0 Å². The molecule has 0 aliphatic rings. The van der Waals surface area contributed by atoms with Crippen LogP contribution in [0.1, 0.15) is 11.4 Å². The van der Waals surface area contributed by atoms with E-state index in [9.17, 15) is 4.39 Å². The highest BCUT2D eigenvalue weighted by atomic mass is 79.9. The molecule has 4 nitrogen and oxygen atoms in total. The van der Waals surface area contributed by atoms with E-state index in [0.717, 1.165) is 11.4 Å². The van der Waals surface area contributed by atoms with Crippen molar-refractivity contribution in [1.82, 2.24) is 19.2 Å². The summed E-state index contributed by atoms with van der Waals surface area (Å²) in [4.78, 5) is 4.24. The normalized spacial score (nSPS) is 11.3. The molecule has 0 atom stereocenters. The van der Waals surface area contributed by atoms with E-state index in [-0.39, 0.29) is 5.65 Å². The lowest BCUT2D eigenvalue weighted by atomic mass is 10.5. The second-order valence-corrected chi connectivity index (χ2v) is 5.05. The van der Waals surface area contributed by atoms with Crippen molar-refractivity contribution >= 4 is 21.6 Å². The lowest BCUT2D eigenvalue weighted by Crippen LogP contribution is -2.01. The number of hydrogen-bond acceptors (Lipinski definition) is 2. The van der Waals surface area contributed by atoms with Crippen LogP contribution in [0.15, 0.2) is 28.9 Å². The molecule has 0 aromatic carbocycles. The van der Waals surface area contributed by atoms with Crippen LogP contribution >= 0.6 is 15.9 Å². The van der Waals surface area contributed by atoms with Crippen molar-refractivity contribution in [3.63, 3.8) is 0 Å². The fourth-order valence-electron chi connectivity index (χ4n) is 1.98. The Bertz CT molecular complexity index is 724. The van der Waals surface area contributed by atoms with E-state index in [1.165, 1.54) is 10.6 Å². The van der Waals surface area contributed by atoms with Crippen LogP contribution in [0, 0.1) is 19.7 Å². The third-order valence-electron chi connectivity index (χ3n) is 2.82. The molecule has 3 heterocycles. The Labute approximate surface area is 111 Å². The van der Waals surface area contributed by atoms with Gasteiger partial charge in [0.1, 0.15) is 0 Å². The van der Waals surface area contributed by atoms with Crippen molar-refractivity contribution < 1.29 is 4.39 Å². The number of fused-ring (bicyclic) bond motifs is 1. The molecule has 18 heavy (non-hydrogen) atoms. The summed E-state index contributed by atoms with van der Waals surface area (Å²) in [6, 6.07) is 5.34. The second kappa shape index (κ2) is 3.91. The Balaban J connectivity index is 2.29. The third-order valence-corrected chi connectivity index (χ3v) is 3.25. The summed E-state index contributed by atoms with van der Waals surface area (Å²) >= 11 is 3.23. The fourth-order valence-corrected chi connectivity index (χ4v) is 2.38. The molecule has 0 N–H and O–H groups in total. The van der Waals surface area contributed by atoms with Gasteiger partial charge in [-0.2, -0.15) is 4.98 Å². The Morgan fingerprint density at radius 3 is 2.56 bits per heavy atom. The number of pyridine rings is 1. The van der Waals surface area contributed by atoms with Gasteiger partial charge in [-0.25, -0.2) is 8.91 Å². The molecule has 92 valence electrons. The standard InChI is InChI=1S/C12H10BrFN4/c1-7-3-4-8(2)18(7)12-15-11-10(14)5-9(13)6-17(11)16-12/h3-6H,1-2H3. The van der Waals surface area contributed by atoms with Gasteiger partial charge >= 0.3 is 0 Å². The Morgan fingerprint density at radius 1 is 1.22 bits per heavy atom. The van der Waals surface area contributed by atoms with Gasteiger partial charge in [-0.3, -0.25) is 4.57 Å². The predicted molar refractivity (Wildman–Crippen MR) is 69.4 cm³/mol. The second-order valence-electron chi connectivity index (χ2n) is 4.14. The molecule has 0 amide bonds. The topological polar surface area (TPSA) is 35.1 Å². The smallest absolute Gasteiger partial charge is 0.254 e. The van der Waals surface area contributed by atoms with Crippen LogP contribution in [-0.4, -0.2) is 19.2 Å². The predicted octanol–water partition coefficient (Wildman–Crippen LogP) is 3.04. The van der Waals surface area contributed by atoms with E-state index < -0.39 is 5.82 Å². The number of aryl methyl sites for hydroxylation is 2. The minimum absolute atomic E-state index is 0.223. The fraction of sp³-hybridized carbons (Fsp3) is 0.167. The summed E-state index contributed by atoms with van der Waals surface area (Å²) in [6.45, 7) is 3.93. The summed E-state index contributed by atoms with van der Waals surface area (Å²) in [5.41, 5.74) is 2.26. The van der Waals surface area contributed by atoms with Gasteiger partial charge in [0, 0.05) is 22.1 Å². The molecular formula is C12H10BrFN4. The van der Waals surface area contributed by atoms with Gasteiger partial charge in [0.2, 0.25) is 0 Å². The van der Waals surface area contributed by atoms with Crippen molar-refractivity contribution in [2.24, 2.45) is 0 Å². The molecule has 3 aromatic rings. The third kappa shape index (κ3) is 1.64. The van der Waals surface area contributed by atoms with Crippen molar-refractivity contribution in [2.45, 2.75) is 13.8 Å². The summed E-state index contributed by atoms with van der Waals surface area (Å²) in [6.07, 6.45) is 1.68. The molecule has 0 spiro atoms. The van der Waals surface area contributed by atoms with E-state index in [0.29, 0.717) is 10.4 Å². The van der Waals surface area contributed by atoms with Crippen LogP contribution in [0.25, 0.3) is 11.6 Å². The van der Waals surface area contributed by atoms with Crippen LogP contribution in [0.4, 0.5) is 4.39 Å². The molecule has 0 unspecified atom stereocenters. The van der Waals surface area contributed by atoms with Crippen LogP contribution in [0.3, 0.4) is 0 Å². The minimum atomic E-state index is -0.398. The lowest BCUT2D eigenvalue weighted by molar-refractivity contribution is 0.626. The molecule has 3 aromatic heterocycles. The lowest BCUT2D eigenvalue weighted by Gasteiger charge is -2.01. The zero-order valence-electron chi connectivity index (χ0n) is 9.85. The SMILES string of the molecule is Cc1ccc(C)n1-c1nc2c(F)cc(Br)cn2n1. The van der Waals surface area contributed by atoms with E-state index in [1.807, 2.05) is 30.5 Å². The van der Waals surface area contributed by atoms with Gasteiger partial charge < -0.3 is 0 Å². The van der Waals surface area contributed by atoms with Crippen molar-refractivity contribution in [3.8, 4) is 5.95 Å². The number of aromatic nitrogens is 4. The van der Waals surface area contributed by atoms with Gasteiger partial charge in [-0.05, 0) is 48.0 Å². The first-order valence-corrected chi connectivity index (χ1v) is 6.22. The van der Waals surface area contributed by atoms with Crippen molar-refractivity contribution in [2.75, 3.05) is 0 Å². The first-order chi connectivity index (χ1) is 8.56. The summed E-state index contributed by atoms with van der Waals surface area (Å²) in [5.74, 6) is 0.0811. The minimum Gasteiger partial charge on any atom is -0.286 e. The highest BCUT2D eigenvalue weighted by Gasteiger charge is 2.13. The Morgan fingerprint density at radius 2 is 1.89 bits per heavy atom. The highest BCUT2D eigenvalue weighted by Crippen LogP contribution is 2.18. The van der Waals surface area contributed by atoms with Gasteiger partial charge in [-0.15, -0.1) is 5.10 Å². The maximum atomic E-state index is 13.7. The van der Waals surface area contributed by atoms with Crippen LogP contribution in [0.2, 0.25) is 0 Å². The Kier molecular flexibility index (Phi) is 2.48. The van der Waals surface area contributed by atoms with Crippen LogP contribution in [0.5, 0.6) is 0 Å². The maximum absolute atomic E-state index is 13.7. The quantitative estimate of drug-likeness (QED) is 0.692. The van der Waals surface area contributed by atoms with E-state index in [1.54, 1.807) is 6.20 Å². The monoisotopic (exact) mass is 308 g/mol. The van der Waals surface area contributed by atoms with Gasteiger partial charge in [-0.1, -0.05) is 0 Å². The molecule has 0 radical (unpaired) electrons. The van der Waals surface area contributed by atoms with Crippen molar-refractivity contribution in [1.29, 1.82) is 0 Å². The zero-order chi connectivity index (χ0) is 12.9. The number of hydrogen-bond donors (Lipinski definition) is 0. The summed E-state index contributed by atoms with van der Waals surface area (Å²) < 4.78 is 17.7. The maximum Gasteiger partial charge on any atom is 0.254 e. The molecule has 0 aliphatic heterocycles. The van der Waals surface area contributed by atoms with Gasteiger partial charge in [0.15, 0.2) is 11.5 Å². The molecular weight excluding hydrogens is 299 g/mol. The van der Waals surface area contributed by atoms with Crippen LogP contribution < -0.4 is 0 Å². The average molecular weight is 309 g/mol. The molecule has 6 heteroatoms. The molecule has 0 saturated carbocycles. The first kappa shape index (κ1) is 11.4. The van der Waals surface area contributed by atoms with Crippen LogP contribution in [-0.2, 0) is 0 Å². The number of halogens is 2. The number of nitrogens with zero attached hydrogens (tertiary/aromatic N) is 4.